The van der Waals surface area contributed by atoms with Crippen molar-refractivity contribution in [3.8, 4) is 11.3 Å². The standard InChI is InChI=1S/C21H20N2O/c1-15-19(21(24)23-13-7-8-14-23)17-11-5-6-12-18(17)22-20(15)16-9-3-2-4-10-16/h2-6,9-12H,7-8,13-14H2,1H3. The second kappa shape index (κ2) is 6.08. The minimum atomic E-state index is 0.140. The molecule has 120 valence electrons. The van der Waals surface area contributed by atoms with Crippen LogP contribution in [0.3, 0.4) is 0 Å². The van der Waals surface area contributed by atoms with Gasteiger partial charge < -0.3 is 4.90 Å². The van der Waals surface area contributed by atoms with Gasteiger partial charge in [-0.15, -0.1) is 0 Å². The lowest BCUT2D eigenvalue weighted by atomic mass is 9.97. The Hall–Kier alpha value is -2.68. The van der Waals surface area contributed by atoms with Crippen molar-refractivity contribution in [3.05, 3.63) is 65.7 Å². The SMILES string of the molecule is Cc1c(-c2ccccc2)nc2ccccc2c1C(=O)N1CCCC1. The second-order valence-electron chi connectivity index (χ2n) is 6.34. The Kier molecular flexibility index (Phi) is 3.77. The number of carbonyl (C=O) groups is 1. The fourth-order valence-electron chi connectivity index (χ4n) is 3.54. The van der Waals surface area contributed by atoms with Crippen molar-refractivity contribution < 1.29 is 4.79 Å². The largest absolute Gasteiger partial charge is 0.339 e. The molecule has 1 aromatic heterocycles. The van der Waals surface area contributed by atoms with Gasteiger partial charge in [0, 0.05) is 24.0 Å². The van der Waals surface area contributed by atoms with Gasteiger partial charge in [0.05, 0.1) is 16.8 Å². The number of fused-ring (bicyclic) bond motifs is 1. The van der Waals surface area contributed by atoms with E-state index in [0.717, 1.165) is 59.2 Å². The van der Waals surface area contributed by atoms with Crippen LogP contribution in [0.15, 0.2) is 54.6 Å². The van der Waals surface area contributed by atoms with Crippen molar-refractivity contribution in [2.75, 3.05) is 13.1 Å². The first-order valence-corrected chi connectivity index (χ1v) is 8.50. The lowest BCUT2D eigenvalue weighted by Gasteiger charge is -2.20. The Labute approximate surface area is 141 Å². The van der Waals surface area contributed by atoms with Gasteiger partial charge in [0.2, 0.25) is 0 Å². The number of benzene rings is 2. The highest BCUT2D eigenvalue weighted by atomic mass is 16.2. The molecule has 4 rings (SSSR count). The number of pyridine rings is 1. The van der Waals surface area contributed by atoms with E-state index in [-0.39, 0.29) is 5.91 Å². The molecule has 0 aliphatic carbocycles. The van der Waals surface area contributed by atoms with E-state index in [0.29, 0.717) is 0 Å². The van der Waals surface area contributed by atoms with E-state index in [1.807, 2.05) is 66.4 Å². The predicted octanol–water partition coefficient (Wildman–Crippen LogP) is 4.45. The zero-order valence-electron chi connectivity index (χ0n) is 13.8. The van der Waals surface area contributed by atoms with Crippen molar-refractivity contribution in [2.45, 2.75) is 19.8 Å². The minimum absolute atomic E-state index is 0.140. The maximum atomic E-state index is 13.2. The number of para-hydroxylation sites is 1. The van der Waals surface area contributed by atoms with Gasteiger partial charge in [-0.2, -0.15) is 0 Å². The molecule has 0 saturated carbocycles. The van der Waals surface area contributed by atoms with Gasteiger partial charge in [-0.1, -0.05) is 48.5 Å². The summed E-state index contributed by atoms with van der Waals surface area (Å²) < 4.78 is 0. The lowest BCUT2D eigenvalue weighted by Crippen LogP contribution is -2.28. The average molecular weight is 316 g/mol. The molecular weight excluding hydrogens is 296 g/mol. The highest BCUT2D eigenvalue weighted by Gasteiger charge is 2.25. The third-order valence-corrected chi connectivity index (χ3v) is 4.79. The highest BCUT2D eigenvalue weighted by Crippen LogP contribution is 2.31. The summed E-state index contributed by atoms with van der Waals surface area (Å²) in [6, 6.07) is 18.1. The van der Waals surface area contributed by atoms with Gasteiger partial charge in [-0.05, 0) is 31.4 Å². The Morgan fingerprint density at radius 2 is 1.62 bits per heavy atom. The third kappa shape index (κ3) is 2.46. The first kappa shape index (κ1) is 14.9. The van der Waals surface area contributed by atoms with Gasteiger partial charge in [0.15, 0.2) is 0 Å². The Morgan fingerprint density at radius 1 is 0.958 bits per heavy atom. The fourth-order valence-corrected chi connectivity index (χ4v) is 3.54. The number of likely N-dealkylation sites (tertiary alicyclic amines) is 1. The van der Waals surface area contributed by atoms with Crippen LogP contribution in [0.4, 0.5) is 0 Å². The maximum absolute atomic E-state index is 13.2. The van der Waals surface area contributed by atoms with Crippen LogP contribution in [0.5, 0.6) is 0 Å². The summed E-state index contributed by atoms with van der Waals surface area (Å²) in [6.45, 7) is 3.73. The summed E-state index contributed by atoms with van der Waals surface area (Å²) in [5.41, 5.74) is 4.61. The van der Waals surface area contributed by atoms with E-state index in [1.54, 1.807) is 0 Å². The van der Waals surface area contributed by atoms with Crippen molar-refractivity contribution in [3.63, 3.8) is 0 Å². The Bertz CT molecular complexity index is 896. The number of hydrogen-bond donors (Lipinski definition) is 0. The highest BCUT2D eigenvalue weighted by molar-refractivity contribution is 6.09. The molecule has 1 saturated heterocycles. The van der Waals surface area contributed by atoms with Crippen LogP contribution < -0.4 is 0 Å². The van der Waals surface area contributed by atoms with E-state index < -0.39 is 0 Å². The van der Waals surface area contributed by atoms with E-state index in [1.165, 1.54) is 0 Å². The van der Waals surface area contributed by atoms with Crippen molar-refractivity contribution >= 4 is 16.8 Å². The topological polar surface area (TPSA) is 33.2 Å². The normalized spacial score (nSPS) is 14.3. The van der Waals surface area contributed by atoms with Gasteiger partial charge in [-0.25, -0.2) is 4.98 Å². The lowest BCUT2D eigenvalue weighted by molar-refractivity contribution is 0.0794. The van der Waals surface area contributed by atoms with Gasteiger partial charge in [0.1, 0.15) is 0 Å². The zero-order chi connectivity index (χ0) is 16.5. The number of nitrogens with zero attached hydrogens (tertiary/aromatic N) is 2. The van der Waals surface area contributed by atoms with Crippen molar-refractivity contribution in [1.82, 2.24) is 9.88 Å². The molecular formula is C21H20N2O. The molecule has 2 aromatic carbocycles. The number of hydrogen-bond acceptors (Lipinski definition) is 2. The summed E-state index contributed by atoms with van der Waals surface area (Å²) in [4.78, 5) is 20.0. The third-order valence-electron chi connectivity index (χ3n) is 4.79. The van der Waals surface area contributed by atoms with Gasteiger partial charge in [-0.3, -0.25) is 4.79 Å². The van der Waals surface area contributed by atoms with Gasteiger partial charge in [0.25, 0.3) is 5.91 Å². The maximum Gasteiger partial charge on any atom is 0.254 e. The average Bonchev–Trinajstić information content (AvgIpc) is 3.16. The van der Waals surface area contributed by atoms with E-state index in [4.69, 9.17) is 4.98 Å². The Morgan fingerprint density at radius 3 is 2.38 bits per heavy atom. The molecule has 0 spiro atoms. The molecule has 1 fully saturated rings. The van der Waals surface area contributed by atoms with Crippen LogP contribution in [0.2, 0.25) is 0 Å². The van der Waals surface area contributed by atoms with Crippen LogP contribution in [-0.2, 0) is 0 Å². The predicted molar refractivity (Wildman–Crippen MR) is 97.1 cm³/mol. The van der Waals surface area contributed by atoms with Crippen molar-refractivity contribution in [1.29, 1.82) is 0 Å². The molecule has 3 nitrogen and oxygen atoms in total. The van der Waals surface area contributed by atoms with Crippen LogP contribution in [0.25, 0.3) is 22.2 Å². The van der Waals surface area contributed by atoms with Gasteiger partial charge >= 0.3 is 0 Å². The minimum Gasteiger partial charge on any atom is -0.339 e. The number of carbonyl (C=O) groups excluding carboxylic acids is 1. The first-order chi connectivity index (χ1) is 11.8. The van der Waals surface area contributed by atoms with Crippen LogP contribution >= 0.6 is 0 Å². The molecule has 3 heteroatoms. The van der Waals surface area contributed by atoms with Crippen LogP contribution in [-0.4, -0.2) is 28.9 Å². The van der Waals surface area contributed by atoms with E-state index in [2.05, 4.69) is 0 Å². The number of amides is 1. The van der Waals surface area contributed by atoms with Crippen LogP contribution in [0, 0.1) is 6.92 Å². The van der Waals surface area contributed by atoms with Crippen molar-refractivity contribution in [2.24, 2.45) is 0 Å². The Balaban J connectivity index is 1.96. The number of aromatic nitrogens is 1. The van der Waals surface area contributed by atoms with E-state index >= 15 is 0 Å². The molecule has 1 aliphatic rings. The summed E-state index contributed by atoms with van der Waals surface area (Å²) in [7, 11) is 0. The summed E-state index contributed by atoms with van der Waals surface area (Å²) in [5.74, 6) is 0.140. The molecule has 0 bridgehead atoms. The summed E-state index contributed by atoms with van der Waals surface area (Å²) in [5, 5.41) is 0.951. The molecule has 0 atom stereocenters. The molecule has 0 N–H and O–H groups in total. The second-order valence-corrected chi connectivity index (χ2v) is 6.34. The molecule has 0 unspecified atom stereocenters. The monoisotopic (exact) mass is 316 g/mol. The summed E-state index contributed by atoms with van der Waals surface area (Å²) >= 11 is 0. The summed E-state index contributed by atoms with van der Waals surface area (Å²) in [6.07, 6.45) is 2.19. The molecule has 2 heterocycles. The molecule has 3 aromatic rings. The van der Waals surface area contributed by atoms with E-state index in [9.17, 15) is 4.79 Å². The molecule has 0 radical (unpaired) electrons. The fraction of sp³-hybridized carbons (Fsp3) is 0.238. The number of rotatable bonds is 2. The van der Waals surface area contributed by atoms with Crippen LogP contribution in [0.1, 0.15) is 28.8 Å². The molecule has 24 heavy (non-hydrogen) atoms. The zero-order valence-corrected chi connectivity index (χ0v) is 13.8. The quantitative estimate of drug-likeness (QED) is 0.700. The molecule has 1 amide bonds. The smallest absolute Gasteiger partial charge is 0.254 e. The first-order valence-electron chi connectivity index (χ1n) is 8.50. The molecule has 1 aliphatic heterocycles.